The van der Waals surface area contributed by atoms with Gasteiger partial charge in [0.05, 0.1) is 18.7 Å². The summed E-state index contributed by atoms with van der Waals surface area (Å²) in [6.07, 6.45) is 0. The van der Waals surface area contributed by atoms with E-state index in [-0.39, 0.29) is 11.9 Å². The fraction of sp³-hybridized carbons (Fsp3) is 0.238. The van der Waals surface area contributed by atoms with Crippen molar-refractivity contribution in [2.45, 2.75) is 26.8 Å². The number of ether oxygens (including phenoxy) is 1. The number of hydrogen-bond donors (Lipinski definition) is 3. The van der Waals surface area contributed by atoms with E-state index >= 15 is 0 Å². The van der Waals surface area contributed by atoms with Gasteiger partial charge in [-0.05, 0) is 55.7 Å². The fourth-order valence-corrected chi connectivity index (χ4v) is 3.13. The molecule has 0 aromatic heterocycles. The van der Waals surface area contributed by atoms with Crippen molar-refractivity contribution in [1.82, 2.24) is 10.6 Å². The molecule has 0 radical (unpaired) electrons. The second-order valence-corrected chi connectivity index (χ2v) is 6.62. The van der Waals surface area contributed by atoms with E-state index in [0.29, 0.717) is 17.0 Å². The van der Waals surface area contributed by atoms with Crippen LogP contribution in [0.25, 0.3) is 0 Å². The van der Waals surface area contributed by atoms with Crippen LogP contribution in [0, 0.1) is 13.8 Å². The van der Waals surface area contributed by atoms with Crippen LogP contribution in [0.4, 0.5) is 10.5 Å². The Morgan fingerprint density at radius 1 is 1.11 bits per heavy atom. The van der Waals surface area contributed by atoms with E-state index in [4.69, 9.17) is 4.74 Å². The first-order valence-corrected chi connectivity index (χ1v) is 8.70. The third-order valence-electron chi connectivity index (χ3n) is 4.58. The Morgan fingerprint density at radius 2 is 1.89 bits per heavy atom. The lowest BCUT2D eigenvalue weighted by molar-refractivity contribution is -0.113. The zero-order chi connectivity index (χ0) is 19.6. The molecule has 3 amide bonds. The van der Waals surface area contributed by atoms with Gasteiger partial charge in [-0.2, -0.15) is 0 Å². The van der Waals surface area contributed by atoms with Gasteiger partial charge in [-0.1, -0.05) is 24.3 Å². The number of rotatable bonds is 4. The second-order valence-electron chi connectivity index (χ2n) is 6.62. The van der Waals surface area contributed by atoms with Crippen LogP contribution in [0.1, 0.15) is 29.7 Å². The molecule has 140 valence electrons. The maximum atomic E-state index is 13.1. The zero-order valence-electron chi connectivity index (χ0n) is 15.8. The summed E-state index contributed by atoms with van der Waals surface area (Å²) in [5.41, 5.74) is 4.54. The minimum Gasteiger partial charge on any atom is -0.497 e. The molecule has 27 heavy (non-hydrogen) atoms. The predicted molar refractivity (Wildman–Crippen MR) is 105 cm³/mol. The summed E-state index contributed by atoms with van der Waals surface area (Å²) in [6.45, 7) is 5.64. The van der Waals surface area contributed by atoms with E-state index < -0.39 is 6.04 Å². The molecule has 1 unspecified atom stereocenters. The van der Waals surface area contributed by atoms with Gasteiger partial charge in [0.25, 0.3) is 5.91 Å². The molecular weight excluding hydrogens is 342 g/mol. The molecule has 1 aliphatic heterocycles. The van der Waals surface area contributed by atoms with Crippen molar-refractivity contribution < 1.29 is 14.3 Å². The van der Waals surface area contributed by atoms with Gasteiger partial charge < -0.3 is 20.7 Å². The summed E-state index contributed by atoms with van der Waals surface area (Å²) in [5, 5.41) is 8.50. The number of nitrogens with one attached hydrogen (secondary N) is 3. The number of allylic oxidation sites excluding steroid dienone is 1. The summed E-state index contributed by atoms with van der Waals surface area (Å²) in [4.78, 5) is 25.1. The van der Waals surface area contributed by atoms with E-state index in [0.717, 1.165) is 22.4 Å². The number of urea groups is 1. The van der Waals surface area contributed by atoms with E-state index in [1.807, 2.05) is 56.3 Å². The molecule has 6 heteroatoms. The van der Waals surface area contributed by atoms with E-state index in [1.165, 1.54) is 0 Å². The largest absolute Gasteiger partial charge is 0.497 e. The molecule has 1 aliphatic rings. The van der Waals surface area contributed by atoms with Gasteiger partial charge in [0, 0.05) is 11.4 Å². The van der Waals surface area contributed by atoms with Crippen LogP contribution >= 0.6 is 0 Å². The van der Waals surface area contributed by atoms with Crippen LogP contribution in [-0.4, -0.2) is 19.0 Å². The minimum absolute atomic E-state index is 0.262. The molecule has 6 nitrogen and oxygen atoms in total. The summed E-state index contributed by atoms with van der Waals surface area (Å²) in [7, 11) is 1.58. The normalized spacial score (nSPS) is 16.4. The van der Waals surface area contributed by atoms with Gasteiger partial charge in [0.15, 0.2) is 0 Å². The average Bonchev–Trinajstić information content (AvgIpc) is 2.64. The molecule has 0 spiro atoms. The van der Waals surface area contributed by atoms with Crippen LogP contribution in [0.2, 0.25) is 0 Å². The highest BCUT2D eigenvalue weighted by Crippen LogP contribution is 2.30. The van der Waals surface area contributed by atoms with Gasteiger partial charge in [0.1, 0.15) is 5.75 Å². The third kappa shape index (κ3) is 3.95. The molecular formula is C21H23N3O3. The van der Waals surface area contributed by atoms with Crippen LogP contribution in [0.3, 0.4) is 0 Å². The molecule has 1 atom stereocenters. The number of methoxy groups -OCH3 is 1. The molecule has 0 saturated carbocycles. The first-order chi connectivity index (χ1) is 12.9. The van der Waals surface area contributed by atoms with Crippen LogP contribution in [-0.2, 0) is 4.79 Å². The van der Waals surface area contributed by atoms with Crippen molar-refractivity contribution in [3.63, 3.8) is 0 Å². The monoisotopic (exact) mass is 365 g/mol. The molecule has 0 bridgehead atoms. The fourth-order valence-electron chi connectivity index (χ4n) is 3.13. The molecule has 3 N–H and O–H groups in total. The molecule has 0 aliphatic carbocycles. The molecule has 0 fully saturated rings. The van der Waals surface area contributed by atoms with Gasteiger partial charge in [0.2, 0.25) is 0 Å². The quantitative estimate of drug-likeness (QED) is 0.775. The Hall–Kier alpha value is -3.28. The first-order valence-electron chi connectivity index (χ1n) is 8.70. The summed E-state index contributed by atoms with van der Waals surface area (Å²) < 4.78 is 5.27. The van der Waals surface area contributed by atoms with Crippen LogP contribution in [0.15, 0.2) is 53.7 Å². The topological polar surface area (TPSA) is 79.5 Å². The van der Waals surface area contributed by atoms with Crippen LogP contribution in [0.5, 0.6) is 5.75 Å². The number of hydrogen-bond acceptors (Lipinski definition) is 3. The molecule has 0 saturated heterocycles. The van der Waals surface area contributed by atoms with Crippen molar-refractivity contribution in [3.05, 3.63) is 70.4 Å². The average molecular weight is 365 g/mol. The van der Waals surface area contributed by atoms with Crippen molar-refractivity contribution in [3.8, 4) is 5.75 Å². The third-order valence-corrected chi connectivity index (χ3v) is 4.58. The lowest BCUT2D eigenvalue weighted by atomic mass is 9.94. The summed E-state index contributed by atoms with van der Waals surface area (Å²) >= 11 is 0. The Labute approximate surface area is 158 Å². The predicted octanol–water partition coefficient (Wildman–Crippen LogP) is 3.58. The molecule has 1 heterocycles. The summed E-state index contributed by atoms with van der Waals surface area (Å²) in [5.74, 6) is 0.397. The number of carbonyl (C=O) groups is 2. The van der Waals surface area contributed by atoms with Crippen molar-refractivity contribution in [2.24, 2.45) is 0 Å². The Morgan fingerprint density at radius 3 is 2.63 bits per heavy atom. The maximum Gasteiger partial charge on any atom is 0.319 e. The number of amides is 3. The Kier molecular flexibility index (Phi) is 5.16. The Balaban J connectivity index is 1.98. The van der Waals surface area contributed by atoms with Crippen molar-refractivity contribution in [1.29, 1.82) is 0 Å². The zero-order valence-corrected chi connectivity index (χ0v) is 15.8. The van der Waals surface area contributed by atoms with Crippen molar-refractivity contribution in [2.75, 3.05) is 12.4 Å². The highest BCUT2D eigenvalue weighted by molar-refractivity contribution is 6.07. The van der Waals surface area contributed by atoms with E-state index in [1.54, 1.807) is 14.0 Å². The number of aryl methyl sites for hydroxylation is 2. The van der Waals surface area contributed by atoms with Gasteiger partial charge in [-0.15, -0.1) is 0 Å². The number of carbonyl (C=O) groups excluding carboxylic acids is 2. The smallest absolute Gasteiger partial charge is 0.319 e. The van der Waals surface area contributed by atoms with E-state index in [9.17, 15) is 9.59 Å². The molecule has 2 aromatic carbocycles. The lowest BCUT2D eigenvalue weighted by Gasteiger charge is -2.29. The second kappa shape index (κ2) is 7.53. The van der Waals surface area contributed by atoms with Crippen molar-refractivity contribution >= 4 is 17.6 Å². The standard InChI is InChI=1S/C21H23N3O3/c1-12-8-9-13(2)17(10-12)23-20(25)18-14(3)22-21(26)24-19(18)15-6-5-7-16(11-15)27-4/h5-11,19H,1-4H3,(H,23,25)(H2,22,24,26). The van der Waals surface area contributed by atoms with Gasteiger partial charge >= 0.3 is 6.03 Å². The van der Waals surface area contributed by atoms with Crippen LogP contribution < -0.4 is 20.7 Å². The van der Waals surface area contributed by atoms with E-state index in [2.05, 4.69) is 16.0 Å². The molecule has 3 rings (SSSR count). The Bertz CT molecular complexity index is 934. The first kappa shape index (κ1) is 18.5. The summed E-state index contributed by atoms with van der Waals surface area (Å²) in [6, 6.07) is 12.3. The highest BCUT2D eigenvalue weighted by Gasteiger charge is 2.31. The maximum absolute atomic E-state index is 13.1. The SMILES string of the molecule is COc1cccc(C2NC(=O)NC(C)=C2C(=O)Nc2cc(C)ccc2C)c1. The highest BCUT2D eigenvalue weighted by atomic mass is 16.5. The molecule has 2 aromatic rings. The van der Waals surface area contributed by atoms with Gasteiger partial charge in [-0.3, -0.25) is 4.79 Å². The van der Waals surface area contributed by atoms with Gasteiger partial charge in [-0.25, -0.2) is 4.79 Å². The number of benzene rings is 2. The number of anilines is 1. The minimum atomic E-state index is -0.570. The lowest BCUT2D eigenvalue weighted by Crippen LogP contribution is -2.46.